The molecular formula is C14H20O2S. The van der Waals surface area contributed by atoms with E-state index in [0.29, 0.717) is 5.56 Å². The lowest BCUT2D eigenvalue weighted by atomic mass is 10.2. The maximum Gasteiger partial charge on any atom is 0.150 e. The Hall–Kier alpha value is -0.960. The molecule has 17 heavy (non-hydrogen) atoms. The van der Waals surface area contributed by atoms with Gasteiger partial charge >= 0.3 is 0 Å². The van der Waals surface area contributed by atoms with Crippen LogP contribution < -0.4 is 4.74 Å². The Balaban J connectivity index is 0.000000181. The van der Waals surface area contributed by atoms with Crippen molar-refractivity contribution in [3.63, 3.8) is 0 Å². The molecule has 2 rings (SSSR count). The molecule has 0 amide bonds. The Labute approximate surface area is 108 Å². The van der Waals surface area contributed by atoms with E-state index in [1.807, 2.05) is 11.8 Å². The Kier molecular flexibility index (Phi) is 6.78. The Morgan fingerprint density at radius 1 is 1.24 bits per heavy atom. The lowest BCUT2D eigenvalue weighted by Crippen LogP contribution is -1.89. The first-order valence-electron chi connectivity index (χ1n) is 5.92. The summed E-state index contributed by atoms with van der Waals surface area (Å²) in [6.07, 6.45) is 8.93. The molecule has 0 unspecified atom stereocenters. The van der Waals surface area contributed by atoms with Crippen LogP contribution in [0.3, 0.4) is 0 Å². The quantitative estimate of drug-likeness (QED) is 0.765. The fraction of sp³-hybridized carbons (Fsp3) is 0.500. The minimum absolute atomic E-state index is 0.667. The van der Waals surface area contributed by atoms with E-state index >= 15 is 0 Å². The van der Waals surface area contributed by atoms with Crippen LogP contribution in [0.5, 0.6) is 5.75 Å². The van der Waals surface area contributed by atoms with Crippen LogP contribution in [0.4, 0.5) is 0 Å². The molecule has 0 heterocycles. The number of methoxy groups -OCH3 is 1. The van der Waals surface area contributed by atoms with Gasteiger partial charge in [-0.1, -0.05) is 12.8 Å². The van der Waals surface area contributed by atoms with Crippen molar-refractivity contribution in [2.24, 2.45) is 0 Å². The molecule has 0 spiro atoms. The molecule has 1 fully saturated rings. The van der Waals surface area contributed by atoms with Gasteiger partial charge in [-0.2, -0.15) is 11.8 Å². The first kappa shape index (κ1) is 14.1. The van der Waals surface area contributed by atoms with Gasteiger partial charge in [0.1, 0.15) is 12.0 Å². The van der Waals surface area contributed by atoms with Crippen LogP contribution >= 0.6 is 11.8 Å². The van der Waals surface area contributed by atoms with E-state index in [4.69, 9.17) is 4.74 Å². The standard InChI is InChI=1S/C8H8O2.C6H12S/c1-10-8-4-2-7(6-9)3-5-8;1-7-6-4-2-3-5-6/h2-6H,1H3;6H,2-5H2,1H3. The van der Waals surface area contributed by atoms with E-state index in [1.54, 1.807) is 31.4 Å². The maximum atomic E-state index is 10.2. The van der Waals surface area contributed by atoms with Crippen LogP contribution in [0.1, 0.15) is 36.0 Å². The van der Waals surface area contributed by atoms with Gasteiger partial charge in [0.2, 0.25) is 0 Å². The van der Waals surface area contributed by atoms with Crippen LogP contribution in [0.25, 0.3) is 0 Å². The second-order valence-electron chi connectivity index (χ2n) is 4.03. The number of hydrogen-bond donors (Lipinski definition) is 0. The van der Waals surface area contributed by atoms with Crippen molar-refractivity contribution in [2.45, 2.75) is 30.9 Å². The molecule has 1 aliphatic carbocycles. The average Bonchev–Trinajstić information content (AvgIpc) is 2.93. The van der Waals surface area contributed by atoms with Gasteiger partial charge in [-0.15, -0.1) is 0 Å². The maximum absolute atomic E-state index is 10.2. The highest BCUT2D eigenvalue weighted by atomic mass is 32.2. The van der Waals surface area contributed by atoms with E-state index in [1.165, 1.54) is 25.7 Å². The molecule has 0 N–H and O–H groups in total. The molecule has 1 saturated carbocycles. The number of hydrogen-bond acceptors (Lipinski definition) is 3. The zero-order chi connectivity index (χ0) is 12.5. The fourth-order valence-electron chi connectivity index (χ4n) is 1.81. The molecule has 3 heteroatoms. The van der Waals surface area contributed by atoms with E-state index in [2.05, 4.69) is 6.26 Å². The Morgan fingerprint density at radius 2 is 1.82 bits per heavy atom. The van der Waals surface area contributed by atoms with Crippen molar-refractivity contribution in [3.8, 4) is 5.75 Å². The van der Waals surface area contributed by atoms with Crippen molar-refractivity contribution in [3.05, 3.63) is 29.8 Å². The summed E-state index contributed by atoms with van der Waals surface area (Å²) in [5.74, 6) is 0.769. The van der Waals surface area contributed by atoms with E-state index in [9.17, 15) is 4.79 Å². The SMILES string of the molecule is COc1ccc(C=O)cc1.CSC1CCCC1. The topological polar surface area (TPSA) is 26.3 Å². The van der Waals surface area contributed by atoms with E-state index in [-0.39, 0.29) is 0 Å². The van der Waals surface area contributed by atoms with Crippen molar-refractivity contribution in [1.82, 2.24) is 0 Å². The van der Waals surface area contributed by atoms with Gasteiger partial charge in [0.05, 0.1) is 7.11 Å². The summed E-state index contributed by atoms with van der Waals surface area (Å²) in [5.41, 5.74) is 0.667. The fourth-order valence-corrected chi connectivity index (χ4v) is 2.61. The minimum Gasteiger partial charge on any atom is -0.497 e. The molecule has 0 atom stereocenters. The van der Waals surface area contributed by atoms with E-state index < -0.39 is 0 Å². The number of carbonyl (C=O) groups excluding carboxylic acids is 1. The largest absolute Gasteiger partial charge is 0.497 e. The molecule has 0 radical (unpaired) electrons. The number of carbonyl (C=O) groups is 1. The Bertz CT molecular complexity index is 315. The summed E-state index contributed by atoms with van der Waals surface area (Å²) in [6.45, 7) is 0. The summed E-state index contributed by atoms with van der Waals surface area (Å²) in [6, 6.07) is 6.94. The first-order valence-corrected chi connectivity index (χ1v) is 7.21. The van der Waals surface area contributed by atoms with Crippen molar-refractivity contribution in [1.29, 1.82) is 0 Å². The van der Waals surface area contributed by atoms with Crippen LogP contribution in [-0.2, 0) is 0 Å². The summed E-state index contributed by atoms with van der Waals surface area (Å²) in [4.78, 5) is 10.2. The predicted molar refractivity (Wildman–Crippen MR) is 74.2 cm³/mol. The second-order valence-corrected chi connectivity index (χ2v) is 5.17. The van der Waals surface area contributed by atoms with E-state index in [0.717, 1.165) is 17.3 Å². The highest BCUT2D eigenvalue weighted by Gasteiger charge is 2.11. The molecule has 1 aromatic rings. The molecule has 0 bridgehead atoms. The third-order valence-electron chi connectivity index (χ3n) is 2.89. The van der Waals surface area contributed by atoms with Gasteiger partial charge in [0, 0.05) is 10.8 Å². The highest BCUT2D eigenvalue weighted by Crippen LogP contribution is 2.26. The zero-order valence-corrected chi connectivity index (χ0v) is 11.3. The molecule has 2 nitrogen and oxygen atoms in total. The molecule has 0 saturated heterocycles. The predicted octanol–water partition coefficient (Wildman–Crippen LogP) is 3.80. The van der Waals surface area contributed by atoms with Crippen molar-refractivity contribution < 1.29 is 9.53 Å². The molecule has 0 aliphatic heterocycles. The molecule has 94 valence electrons. The monoisotopic (exact) mass is 252 g/mol. The Morgan fingerprint density at radius 3 is 2.18 bits per heavy atom. The second kappa shape index (κ2) is 8.18. The van der Waals surface area contributed by atoms with Crippen LogP contribution in [0, 0.1) is 0 Å². The number of rotatable bonds is 3. The highest BCUT2D eigenvalue weighted by molar-refractivity contribution is 7.99. The summed E-state index contributed by atoms with van der Waals surface area (Å²) in [7, 11) is 1.59. The number of ether oxygens (including phenoxy) is 1. The molecule has 1 aliphatic rings. The van der Waals surface area contributed by atoms with Gasteiger partial charge in [-0.05, 0) is 43.4 Å². The van der Waals surface area contributed by atoms with Gasteiger partial charge in [0.25, 0.3) is 0 Å². The first-order chi connectivity index (χ1) is 8.30. The summed E-state index contributed by atoms with van der Waals surface area (Å²) in [5, 5.41) is 1.01. The third-order valence-corrected chi connectivity index (χ3v) is 4.03. The minimum atomic E-state index is 0.667. The number of benzene rings is 1. The van der Waals surface area contributed by atoms with Gasteiger partial charge in [0.15, 0.2) is 0 Å². The molecular weight excluding hydrogens is 232 g/mol. The van der Waals surface area contributed by atoms with Gasteiger partial charge < -0.3 is 4.74 Å². The molecule has 0 aromatic heterocycles. The summed E-state index contributed by atoms with van der Waals surface area (Å²) >= 11 is 2.03. The van der Waals surface area contributed by atoms with Crippen molar-refractivity contribution >= 4 is 18.0 Å². The zero-order valence-electron chi connectivity index (χ0n) is 10.5. The smallest absolute Gasteiger partial charge is 0.150 e. The van der Waals surface area contributed by atoms with Crippen molar-refractivity contribution in [2.75, 3.05) is 13.4 Å². The number of aldehydes is 1. The average molecular weight is 252 g/mol. The number of thioether (sulfide) groups is 1. The van der Waals surface area contributed by atoms with Crippen LogP contribution in [-0.4, -0.2) is 24.9 Å². The lowest BCUT2D eigenvalue weighted by Gasteiger charge is -1.99. The summed E-state index contributed by atoms with van der Waals surface area (Å²) < 4.78 is 4.90. The van der Waals surface area contributed by atoms with Gasteiger partial charge in [-0.3, -0.25) is 4.79 Å². The normalized spacial score (nSPS) is 14.9. The molecule has 1 aromatic carbocycles. The van der Waals surface area contributed by atoms with Gasteiger partial charge in [-0.25, -0.2) is 0 Å². The van der Waals surface area contributed by atoms with Crippen LogP contribution in [0.15, 0.2) is 24.3 Å². The lowest BCUT2D eigenvalue weighted by molar-refractivity contribution is 0.112. The van der Waals surface area contributed by atoms with Crippen LogP contribution in [0.2, 0.25) is 0 Å². The third kappa shape index (κ3) is 5.26.